The molecule has 1 aliphatic heterocycles. The largest absolute Gasteiger partial charge is 0.497 e. The Balaban J connectivity index is 2.05. The second-order valence-corrected chi connectivity index (χ2v) is 5.83. The number of ether oxygens (including phenoxy) is 3. The Morgan fingerprint density at radius 3 is 2.28 bits per heavy atom. The van der Waals surface area contributed by atoms with E-state index in [4.69, 9.17) is 14.2 Å². The Labute approximate surface area is 147 Å². The third-order valence-corrected chi connectivity index (χ3v) is 4.27. The SMILES string of the molecule is CCOc1cc2c(cc1OCC)[C@H](c1ccc(OC)cc1)CC(=O)N2. The van der Waals surface area contributed by atoms with Gasteiger partial charge in [0, 0.05) is 24.1 Å². The second-order valence-electron chi connectivity index (χ2n) is 5.83. The number of benzene rings is 2. The highest BCUT2D eigenvalue weighted by Crippen LogP contribution is 2.43. The van der Waals surface area contributed by atoms with Crippen molar-refractivity contribution in [1.29, 1.82) is 0 Å². The van der Waals surface area contributed by atoms with Gasteiger partial charge in [-0.1, -0.05) is 12.1 Å². The fraction of sp³-hybridized carbons (Fsp3) is 0.350. The number of carbonyl (C=O) groups excluding carboxylic acids is 1. The maximum atomic E-state index is 12.2. The summed E-state index contributed by atoms with van der Waals surface area (Å²) >= 11 is 0. The third-order valence-electron chi connectivity index (χ3n) is 4.27. The molecule has 5 heteroatoms. The molecule has 1 atom stereocenters. The number of methoxy groups -OCH3 is 1. The summed E-state index contributed by atoms with van der Waals surface area (Å²) in [5.41, 5.74) is 2.89. The van der Waals surface area contributed by atoms with Gasteiger partial charge in [-0.05, 0) is 43.2 Å². The lowest BCUT2D eigenvalue weighted by atomic mass is 9.84. The van der Waals surface area contributed by atoms with Crippen LogP contribution in [0.3, 0.4) is 0 Å². The Morgan fingerprint density at radius 1 is 1.04 bits per heavy atom. The van der Waals surface area contributed by atoms with Gasteiger partial charge in [0.1, 0.15) is 5.75 Å². The van der Waals surface area contributed by atoms with E-state index >= 15 is 0 Å². The maximum absolute atomic E-state index is 12.2. The van der Waals surface area contributed by atoms with Crippen LogP contribution >= 0.6 is 0 Å². The van der Waals surface area contributed by atoms with Crippen LogP contribution in [-0.4, -0.2) is 26.2 Å². The van der Waals surface area contributed by atoms with Crippen molar-refractivity contribution in [3.05, 3.63) is 47.5 Å². The minimum atomic E-state index is -0.0236. The Morgan fingerprint density at radius 2 is 1.68 bits per heavy atom. The van der Waals surface area contributed by atoms with E-state index in [0.717, 1.165) is 22.6 Å². The normalized spacial score (nSPS) is 16.0. The van der Waals surface area contributed by atoms with Gasteiger partial charge < -0.3 is 19.5 Å². The highest BCUT2D eigenvalue weighted by molar-refractivity contribution is 5.96. The smallest absolute Gasteiger partial charge is 0.225 e. The van der Waals surface area contributed by atoms with Crippen LogP contribution < -0.4 is 19.5 Å². The van der Waals surface area contributed by atoms with E-state index in [0.29, 0.717) is 31.1 Å². The molecule has 1 heterocycles. The molecule has 2 aromatic carbocycles. The van der Waals surface area contributed by atoms with Gasteiger partial charge in [0.25, 0.3) is 0 Å². The predicted octanol–water partition coefficient (Wildman–Crippen LogP) is 3.97. The van der Waals surface area contributed by atoms with Crippen LogP contribution in [0.4, 0.5) is 5.69 Å². The standard InChI is InChI=1S/C20H23NO4/c1-4-24-18-10-16-15(13-6-8-14(23-3)9-7-13)11-20(22)21-17(16)12-19(18)25-5-2/h6-10,12,15H,4-5,11H2,1-3H3,(H,21,22)/t15-/m0/s1. The summed E-state index contributed by atoms with van der Waals surface area (Å²) in [7, 11) is 1.64. The molecule has 1 aliphatic rings. The van der Waals surface area contributed by atoms with Gasteiger partial charge in [-0.3, -0.25) is 4.79 Å². The molecular weight excluding hydrogens is 318 g/mol. The third kappa shape index (κ3) is 3.55. The molecule has 0 radical (unpaired) electrons. The highest BCUT2D eigenvalue weighted by atomic mass is 16.5. The summed E-state index contributed by atoms with van der Waals surface area (Å²) in [6, 6.07) is 11.7. The summed E-state index contributed by atoms with van der Waals surface area (Å²) in [4.78, 5) is 12.2. The number of carbonyl (C=O) groups is 1. The Hall–Kier alpha value is -2.69. The van der Waals surface area contributed by atoms with E-state index in [1.807, 2.05) is 50.2 Å². The van der Waals surface area contributed by atoms with Crippen molar-refractivity contribution >= 4 is 11.6 Å². The predicted molar refractivity (Wildman–Crippen MR) is 96.9 cm³/mol. The average molecular weight is 341 g/mol. The van der Waals surface area contributed by atoms with Gasteiger partial charge in [0.15, 0.2) is 11.5 Å². The average Bonchev–Trinajstić information content (AvgIpc) is 2.62. The first kappa shape index (κ1) is 17.1. The molecule has 132 valence electrons. The van der Waals surface area contributed by atoms with Crippen LogP contribution in [0.15, 0.2) is 36.4 Å². The minimum absolute atomic E-state index is 0.0000681. The van der Waals surface area contributed by atoms with Crippen molar-refractivity contribution in [2.45, 2.75) is 26.2 Å². The second kappa shape index (κ2) is 7.47. The molecule has 2 aromatic rings. The van der Waals surface area contributed by atoms with E-state index in [1.54, 1.807) is 7.11 Å². The number of anilines is 1. The summed E-state index contributed by atoms with van der Waals surface area (Å²) in [5, 5.41) is 2.95. The van der Waals surface area contributed by atoms with E-state index in [9.17, 15) is 4.79 Å². The van der Waals surface area contributed by atoms with Crippen molar-refractivity contribution in [2.75, 3.05) is 25.6 Å². The fourth-order valence-electron chi connectivity index (χ4n) is 3.14. The number of hydrogen-bond donors (Lipinski definition) is 1. The first-order valence-electron chi connectivity index (χ1n) is 8.53. The molecule has 0 aliphatic carbocycles. The van der Waals surface area contributed by atoms with Crippen LogP contribution in [-0.2, 0) is 4.79 Å². The molecule has 0 saturated heterocycles. The number of hydrogen-bond acceptors (Lipinski definition) is 4. The maximum Gasteiger partial charge on any atom is 0.225 e. The van der Waals surface area contributed by atoms with Gasteiger partial charge in [0.05, 0.1) is 20.3 Å². The van der Waals surface area contributed by atoms with Gasteiger partial charge in [-0.15, -0.1) is 0 Å². The topological polar surface area (TPSA) is 56.8 Å². The summed E-state index contributed by atoms with van der Waals surface area (Å²) in [5.74, 6) is 2.13. The molecular formula is C20H23NO4. The van der Waals surface area contributed by atoms with Crippen molar-refractivity contribution < 1.29 is 19.0 Å². The first-order chi connectivity index (χ1) is 12.2. The van der Waals surface area contributed by atoms with Gasteiger partial charge in [0.2, 0.25) is 5.91 Å². The number of amides is 1. The van der Waals surface area contributed by atoms with E-state index < -0.39 is 0 Å². The van der Waals surface area contributed by atoms with Crippen molar-refractivity contribution in [1.82, 2.24) is 0 Å². The van der Waals surface area contributed by atoms with E-state index in [1.165, 1.54) is 0 Å². The monoisotopic (exact) mass is 341 g/mol. The van der Waals surface area contributed by atoms with Gasteiger partial charge in [-0.2, -0.15) is 0 Å². The first-order valence-corrected chi connectivity index (χ1v) is 8.53. The highest BCUT2D eigenvalue weighted by Gasteiger charge is 2.28. The van der Waals surface area contributed by atoms with Crippen molar-refractivity contribution in [2.24, 2.45) is 0 Å². The molecule has 5 nitrogen and oxygen atoms in total. The zero-order valence-corrected chi connectivity index (χ0v) is 14.8. The Kier molecular flexibility index (Phi) is 5.12. The van der Waals surface area contributed by atoms with E-state index in [2.05, 4.69) is 5.32 Å². The van der Waals surface area contributed by atoms with Crippen molar-refractivity contribution in [3.8, 4) is 17.2 Å². The molecule has 0 bridgehead atoms. The number of fused-ring (bicyclic) bond motifs is 1. The molecule has 0 saturated carbocycles. The summed E-state index contributed by atoms with van der Waals surface area (Å²) < 4.78 is 16.6. The zero-order valence-electron chi connectivity index (χ0n) is 14.8. The van der Waals surface area contributed by atoms with Crippen LogP contribution in [0.25, 0.3) is 0 Å². The molecule has 0 fully saturated rings. The van der Waals surface area contributed by atoms with Crippen molar-refractivity contribution in [3.63, 3.8) is 0 Å². The molecule has 1 amide bonds. The fourth-order valence-corrected chi connectivity index (χ4v) is 3.14. The molecule has 0 aromatic heterocycles. The lowest BCUT2D eigenvalue weighted by Crippen LogP contribution is -2.23. The number of rotatable bonds is 6. The van der Waals surface area contributed by atoms with Gasteiger partial charge >= 0.3 is 0 Å². The summed E-state index contributed by atoms with van der Waals surface area (Å²) in [6.45, 7) is 4.96. The molecule has 0 spiro atoms. The molecule has 25 heavy (non-hydrogen) atoms. The minimum Gasteiger partial charge on any atom is -0.497 e. The molecule has 1 N–H and O–H groups in total. The van der Waals surface area contributed by atoms with Crippen LogP contribution in [0.2, 0.25) is 0 Å². The van der Waals surface area contributed by atoms with Crippen LogP contribution in [0.1, 0.15) is 37.3 Å². The lowest BCUT2D eigenvalue weighted by Gasteiger charge is -2.27. The van der Waals surface area contributed by atoms with Crippen LogP contribution in [0, 0.1) is 0 Å². The quantitative estimate of drug-likeness (QED) is 0.864. The van der Waals surface area contributed by atoms with Crippen LogP contribution in [0.5, 0.6) is 17.2 Å². The van der Waals surface area contributed by atoms with Gasteiger partial charge in [-0.25, -0.2) is 0 Å². The Bertz CT molecular complexity index is 755. The molecule has 0 unspecified atom stereocenters. The number of nitrogens with one attached hydrogen (secondary N) is 1. The van der Waals surface area contributed by atoms with E-state index in [-0.39, 0.29) is 11.8 Å². The zero-order chi connectivity index (χ0) is 17.8. The summed E-state index contributed by atoms with van der Waals surface area (Å²) in [6.07, 6.45) is 0.402. The molecule has 3 rings (SSSR count). The lowest BCUT2D eigenvalue weighted by molar-refractivity contribution is -0.116.